The van der Waals surface area contributed by atoms with Crippen molar-refractivity contribution in [3.8, 4) is 5.75 Å². The van der Waals surface area contributed by atoms with Crippen LogP contribution in [0.25, 0.3) is 0 Å². The summed E-state index contributed by atoms with van der Waals surface area (Å²) in [7, 11) is 0. The van der Waals surface area contributed by atoms with Crippen molar-refractivity contribution in [1.82, 2.24) is 0 Å². The molecule has 2 rings (SSSR count). The summed E-state index contributed by atoms with van der Waals surface area (Å²) in [5.41, 5.74) is 7.98. The van der Waals surface area contributed by atoms with Crippen molar-refractivity contribution in [1.29, 1.82) is 0 Å². The van der Waals surface area contributed by atoms with Gasteiger partial charge in [0.15, 0.2) is 5.78 Å². The molecular formula is C16H15Cl2NO2. The van der Waals surface area contributed by atoms with Gasteiger partial charge in [0.2, 0.25) is 0 Å². The highest BCUT2D eigenvalue weighted by molar-refractivity contribution is 6.37. The predicted octanol–water partition coefficient (Wildman–Crippen LogP) is 4.51. The largest absolute Gasteiger partial charge is 0.492 e. The summed E-state index contributed by atoms with van der Waals surface area (Å²) in [4.78, 5) is 12.6. The molecule has 0 saturated carbocycles. The highest BCUT2D eigenvalue weighted by Crippen LogP contribution is 2.33. The topological polar surface area (TPSA) is 52.3 Å². The van der Waals surface area contributed by atoms with E-state index in [0.717, 1.165) is 5.56 Å². The molecule has 21 heavy (non-hydrogen) atoms. The standard InChI is InChI=1S/C16H15Cl2NO2/c1-3-21-14-8-12(17)11(7-13(14)18)16(20)10-6-4-5-9(2)15(10)19/h4-8H,3,19H2,1-2H3. The summed E-state index contributed by atoms with van der Waals surface area (Å²) in [6, 6.07) is 8.36. The average Bonchev–Trinajstić information content (AvgIpc) is 2.45. The number of rotatable bonds is 4. The predicted molar refractivity (Wildman–Crippen MR) is 86.7 cm³/mol. The second kappa shape index (κ2) is 6.37. The molecule has 0 spiro atoms. The van der Waals surface area contributed by atoms with E-state index in [0.29, 0.717) is 34.2 Å². The molecule has 0 unspecified atom stereocenters. The summed E-state index contributed by atoms with van der Waals surface area (Å²) in [5, 5.41) is 0.629. The molecule has 2 aromatic rings. The number of anilines is 1. The molecule has 0 aliphatic heterocycles. The number of nitrogen functional groups attached to an aromatic ring is 1. The first-order valence-corrected chi connectivity index (χ1v) is 7.23. The van der Waals surface area contributed by atoms with Crippen LogP contribution in [0, 0.1) is 6.92 Å². The molecule has 0 atom stereocenters. The van der Waals surface area contributed by atoms with Crippen LogP contribution in [0.3, 0.4) is 0 Å². The molecule has 0 radical (unpaired) electrons. The first-order chi connectivity index (χ1) is 9.95. The Balaban J connectivity index is 2.49. The molecule has 2 aromatic carbocycles. The van der Waals surface area contributed by atoms with Crippen LogP contribution in [0.2, 0.25) is 10.0 Å². The van der Waals surface area contributed by atoms with E-state index in [1.165, 1.54) is 6.07 Å². The van der Waals surface area contributed by atoms with Gasteiger partial charge in [-0.2, -0.15) is 0 Å². The Hall–Kier alpha value is -1.71. The second-order valence-corrected chi connectivity index (χ2v) is 5.38. The normalized spacial score (nSPS) is 10.5. The second-order valence-electron chi connectivity index (χ2n) is 4.56. The number of carbonyl (C=O) groups excluding carboxylic acids is 1. The fourth-order valence-electron chi connectivity index (χ4n) is 1.99. The van der Waals surface area contributed by atoms with Crippen molar-refractivity contribution in [2.75, 3.05) is 12.3 Å². The third-order valence-corrected chi connectivity index (χ3v) is 3.74. The van der Waals surface area contributed by atoms with Gasteiger partial charge >= 0.3 is 0 Å². The fraction of sp³-hybridized carbons (Fsp3) is 0.188. The van der Waals surface area contributed by atoms with Crippen LogP contribution < -0.4 is 10.5 Å². The zero-order valence-electron chi connectivity index (χ0n) is 11.7. The zero-order valence-corrected chi connectivity index (χ0v) is 13.3. The fourth-order valence-corrected chi connectivity index (χ4v) is 2.45. The lowest BCUT2D eigenvalue weighted by Gasteiger charge is -2.11. The number of ketones is 1. The van der Waals surface area contributed by atoms with Crippen molar-refractivity contribution in [2.45, 2.75) is 13.8 Å². The van der Waals surface area contributed by atoms with E-state index in [1.54, 1.807) is 18.2 Å². The van der Waals surface area contributed by atoms with E-state index in [4.69, 9.17) is 33.7 Å². The Bertz CT molecular complexity index is 699. The Morgan fingerprint density at radius 3 is 2.57 bits per heavy atom. The minimum atomic E-state index is -0.258. The Morgan fingerprint density at radius 1 is 1.19 bits per heavy atom. The van der Waals surface area contributed by atoms with Crippen molar-refractivity contribution >= 4 is 34.7 Å². The number of benzene rings is 2. The molecule has 0 aliphatic carbocycles. The smallest absolute Gasteiger partial charge is 0.196 e. The first kappa shape index (κ1) is 15.7. The number of carbonyl (C=O) groups is 1. The van der Waals surface area contributed by atoms with Gasteiger partial charge in [0.1, 0.15) is 5.75 Å². The first-order valence-electron chi connectivity index (χ1n) is 6.47. The molecule has 3 nitrogen and oxygen atoms in total. The minimum absolute atomic E-state index is 0.258. The number of hydrogen-bond acceptors (Lipinski definition) is 3. The Kier molecular flexibility index (Phi) is 4.76. The third kappa shape index (κ3) is 3.14. The lowest BCUT2D eigenvalue weighted by molar-refractivity contribution is 0.103. The zero-order chi connectivity index (χ0) is 15.6. The van der Waals surface area contributed by atoms with E-state index in [9.17, 15) is 4.79 Å². The molecule has 0 aromatic heterocycles. The molecular weight excluding hydrogens is 309 g/mol. The Labute approximate surface area is 133 Å². The number of halogens is 2. The van der Waals surface area contributed by atoms with Crippen molar-refractivity contribution in [3.63, 3.8) is 0 Å². The van der Waals surface area contributed by atoms with Crippen LogP contribution in [-0.2, 0) is 0 Å². The maximum Gasteiger partial charge on any atom is 0.196 e. The van der Waals surface area contributed by atoms with Crippen LogP contribution in [0.4, 0.5) is 5.69 Å². The van der Waals surface area contributed by atoms with Crippen molar-refractivity contribution < 1.29 is 9.53 Å². The van der Waals surface area contributed by atoms with Crippen LogP contribution >= 0.6 is 23.2 Å². The highest BCUT2D eigenvalue weighted by atomic mass is 35.5. The maximum atomic E-state index is 12.6. The number of para-hydroxylation sites is 1. The van der Waals surface area contributed by atoms with Gasteiger partial charge in [-0.3, -0.25) is 4.79 Å². The van der Waals surface area contributed by atoms with Crippen LogP contribution in [0.15, 0.2) is 30.3 Å². The van der Waals surface area contributed by atoms with Crippen LogP contribution in [0.1, 0.15) is 28.4 Å². The quantitative estimate of drug-likeness (QED) is 0.665. The van der Waals surface area contributed by atoms with E-state index in [2.05, 4.69) is 0 Å². The van der Waals surface area contributed by atoms with E-state index >= 15 is 0 Å². The van der Waals surface area contributed by atoms with Gasteiger partial charge in [0.25, 0.3) is 0 Å². The molecule has 0 bridgehead atoms. The van der Waals surface area contributed by atoms with Gasteiger partial charge in [-0.25, -0.2) is 0 Å². The minimum Gasteiger partial charge on any atom is -0.492 e. The Morgan fingerprint density at radius 2 is 1.90 bits per heavy atom. The third-order valence-electron chi connectivity index (χ3n) is 3.13. The van der Waals surface area contributed by atoms with E-state index in [-0.39, 0.29) is 10.8 Å². The summed E-state index contributed by atoms with van der Waals surface area (Å²) >= 11 is 12.3. The van der Waals surface area contributed by atoms with E-state index in [1.807, 2.05) is 19.9 Å². The van der Waals surface area contributed by atoms with Crippen molar-refractivity contribution in [3.05, 3.63) is 57.1 Å². The van der Waals surface area contributed by atoms with Crippen LogP contribution in [0.5, 0.6) is 5.75 Å². The molecule has 0 aliphatic rings. The average molecular weight is 324 g/mol. The van der Waals surface area contributed by atoms with E-state index < -0.39 is 0 Å². The lowest BCUT2D eigenvalue weighted by Crippen LogP contribution is -2.07. The molecule has 0 saturated heterocycles. The van der Waals surface area contributed by atoms with Gasteiger partial charge < -0.3 is 10.5 Å². The number of hydrogen-bond donors (Lipinski definition) is 1. The summed E-state index contributed by atoms with van der Waals surface area (Å²) in [5.74, 6) is 0.198. The number of aryl methyl sites for hydroxylation is 1. The number of ether oxygens (including phenoxy) is 1. The molecule has 0 fully saturated rings. The van der Waals surface area contributed by atoms with Gasteiger partial charge in [-0.15, -0.1) is 0 Å². The van der Waals surface area contributed by atoms with Crippen molar-refractivity contribution in [2.24, 2.45) is 0 Å². The molecule has 2 N–H and O–H groups in total. The van der Waals surface area contributed by atoms with Gasteiger partial charge in [0.05, 0.1) is 16.7 Å². The summed E-state index contributed by atoms with van der Waals surface area (Å²) in [6.45, 7) is 4.16. The molecule has 5 heteroatoms. The monoisotopic (exact) mass is 323 g/mol. The van der Waals surface area contributed by atoms with Crippen LogP contribution in [-0.4, -0.2) is 12.4 Å². The van der Waals surface area contributed by atoms with Gasteiger partial charge in [0, 0.05) is 22.9 Å². The lowest BCUT2D eigenvalue weighted by atomic mass is 9.99. The molecule has 110 valence electrons. The molecule has 0 amide bonds. The van der Waals surface area contributed by atoms with Gasteiger partial charge in [-0.1, -0.05) is 35.3 Å². The summed E-state index contributed by atoms with van der Waals surface area (Å²) in [6.07, 6.45) is 0. The highest BCUT2D eigenvalue weighted by Gasteiger charge is 2.18. The SMILES string of the molecule is CCOc1cc(Cl)c(C(=O)c2cccc(C)c2N)cc1Cl. The molecule has 0 heterocycles. The van der Waals surface area contributed by atoms with Gasteiger partial charge in [-0.05, 0) is 31.5 Å². The maximum absolute atomic E-state index is 12.6. The number of nitrogens with two attached hydrogens (primary N) is 1. The summed E-state index contributed by atoms with van der Waals surface area (Å²) < 4.78 is 5.35.